The maximum Gasteiger partial charge on any atom is 0.202 e. The molecule has 5 rings (SSSR count). The molecule has 1 saturated heterocycles. The summed E-state index contributed by atoms with van der Waals surface area (Å²) in [6.07, 6.45) is -3.48. The van der Waals surface area contributed by atoms with Crippen LogP contribution in [0.5, 0.6) is 17.2 Å². The molecule has 0 bridgehead atoms. The Hall–Kier alpha value is -3.55. The van der Waals surface area contributed by atoms with Gasteiger partial charge in [-0.1, -0.05) is 17.3 Å². The number of hydrogen-bond acceptors (Lipinski definition) is 12. The lowest BCUT2D eigenvalue weighted by molar-refractivity contribution is -0.245. The Morgan fingerprint density at radius 1 is 1.16 bits per heavy atom. The molecule has 12 nitrogen and oxygen atoms in total. The van der Waals surface area contributed by atoms with E-state index in [2.05, 4.69) is 5.16 Å². The molecule has 2 aromatic carbocycles. The number of phenolic OH excluding ortho intramolecular Hbond substituents is 2. The van der Waals surface area contributed by atoms with Crippen LogP contribution in [-0.2, 0) is 15.9 Å². The zero-order valence-corrected chi connectivity index (χ0v) is 20.6. The fourth-order valence-electron chi connectivity index (χ4n) is 5.62. The fourth-order valence-corrected chi connectivity index (χ4v) is 5.62. The molecule has 1 heterocycles. The van der Waals surface area contributed by atoms with Gasteiger partial charge in [0.05, 0.1) is 48.3 Å². The summed E-state index contributed by atoms with van der Waals surface area (Å²) in [6, 6.07) is 3.76. The Balaban J connectivity index is 1.68. The Labute approximate surface area is 216 Å². The van der Waals surface area contributed by atoms with Gasteiger partial charge >= 0.3 is 0 Å². The van der Waals surface area contributed by atoms with Gasteiger partial charge in [0, 0.05) is 42.0 Å². The van der Waals surface area contributed by atoms with E-state index >= 15 is 0 Å². The van der Waals surface area contributed by atoms with Crippen LogP contribution in [0, 0.1) is 0 Å². The van der Waals surface area contributed by atoms with Crippen molar-refractivity contribution in [3.63, 3.8) is 0 Å². The number of carbonyl (C=O) groups excluding carboxylic acids is 2. The van der Waals surface area contributed by atoms with E-state index < -0.39 is 70.4 Å². The number of methoxy groups -OCH3 is 1. The monoisotopic (exact) mass is 528 g/mol. The van der Waals surface area contributed by atoms with E-state index in [1.165, 1.54) is 25.3 Å². The molecule has 38 heavy (non-hydrogen) atoms. The molecule has 12 heteroatoms. The number of nitrogens with two attached hydrogens (primary N) is 1. The first-order valence-corrected chi connectivity index (χ1v) is 12.0. The molecule has 1 aliphatic heterocycles. The van der Waals surface area contributed by atoms with Crippen LogP contribution >= 0.6 is 0 Å². The average molecular weight is 529 g/mol. The minimum absolute atomic E-state index is 0.00979. The summed E-state index contributed by atoms with van der Waals surface area (Å²) >= 11 is 0. The number of hydrogen-bond donors (Lipinski definition) is 6. The summed E-state index contributed by atoms with van der Waals surface area (Å²) in [5.74, 6) is -2.52. The predicted molar refractivity (Wildman–Crippen MR) is 130 cm³/mol. The number of rotatable bonds is 4. The van der Waals surface area contributed by atoms with Crippen LogP contribution in [0.3, 0.4) is 0 Å². The van der Waals surface area contributed by atoms with Crippen molar-refractivity contribution < 1.29 is 49.4 Å². The number of aliphatic hydroxyl groups excluding tert-OH is 1. The van der Waals surface area contributed by atoms with Crippen molar-refractivity contribution in [1.29, 1.82) is 0 Å². The van der Waals surface area contributed by atoms with Crippen molar-refractivity contribution in [2.24, 2.45) is 10.9 Å². The van der Waals surface area contributed by atoms with Crippen LogP contribution in [0.4, 0.5) is 0 Å². The van der Waals surface area contributed by atoms with E-state index in [4.69, 9.17) is 25.2 Å². The second kappa shape index (κ2) is 9.33. The highest BCUT2D eigenvalue weighted by Gasteiger charge is 2.47. The second-order valence-corrected chi connectivity index (χ2v) is 9.90. The lowest BCUT2D eigenvalue weighted by Crippen LogP contribution is -2.52. The summed E-state index contributed by atoms with van der Waals surface area (Å²) in [5, 5.41) is 56.2. The number of aliphatic hydroxyl groups is 2. The number of oxime groups is 1. The summed E-state index contributed by atoms with van der Waals surface area (Å²) < 4.78 is 17.1. The lowest BCUT2D eigenvalue weighted by atomic mass is 9.73. The summed E-state index contributed by atoms with van der Waals surface area (Å²) in [6.45, 7) is 1.61. The second-order valence-electron chi connectivity index (χ2n) is 9.90. The molecule has 0 aromatic heterocycles. The lowest BCUT2D eigenvalue weighted by Gasteiger charge is -2.41. The van der Waals surface area contributed by atoms with Crippen molar-refractivity contribution in [2.75, 3.05) is 7.11 Å². The molecule has 1 fully saturated rings. The minimum atomic E-state index is -1.85. The predicted octanol–water partition coefficient (Wildman–Crippen LogP) is 0.900. The molecule has 202 valence electrons. The minimum Gasteiger partial charge on any atom is -0.507 e. The molecule has 3 aliphatic rings. The number of ketones is 2. The first kappa shape index (κ1) is 26.1. The molecule has 2 aliphatic carbocycles. The molecule has 7 N–H and O–H groups in total. The zero-order valence-electron chi connectivity index (χ0n) is 20.6. The summed E-state index contributed by atoms with van der Waals surface area (Å²) in [4.78, 5) is 27.1. The van der Waals surface area contributed by atoms with Crippen LogP contribution in [0.2, 0.25) is 0 Å². The maximum atomic E-state index is 13.6. The first-order valence-electron chi connectivity index (χ1n) is 12.0. The van der Waals surface area contributed by atoms with Crippen LogP contribution in [-0.4, -0.2) is 80.7 Å². The van der Waals surface area contributed by atoms with Crippen molar-refractivity contribution in [3.05, 3.63) is 51.6 Å². The number of fused-ring (bicyclic) bond motifs is 3. The van der Waals surface area contributed by atoms with Gasteiger partial charge in [-0.25, -0.2) is 0 Å². The highest BCUT2D eigenvalue weighted by atomic mass is 16.7. The van der Waals surface area contributed by atoms with Gasteiger partial charge in [0.2, 0.25) is 5.78 Å². The molecule has 0 spiro atoms. The highest BCUT2D eigenvalue weighted by Crippen LogP contribution is 2.52. The third-order valence-corrected chi connectivity index (χ3v) is 7.47. The Morgan fingerprint density at radius 2 is 1.87 bits per heavy atom. The normalized spacial score (nSPS) is 30.6. The van der Waals surface area contributed by atoms with Gasteiger partial charge in [-0.05, 0) is 13.0 Å². The molecule has 2 aromatic rings. The van der Waals surface area contributed by atoms with Gasteiger partial charge in [-0.2, -0.15) is 0 Å². The maximum absolute atomic E-state index is 13.6. The summed E-state index contributed by atoms with van der Waals surface area (Å²) in [7, 11) is 1.34. The third-order valence-electron chi connectivity index (χ3n) is 7.47. The SMILES string of the molecule is COc1cccc2c1C(=O)c1c(O)c3c(c(O)c1C2=O)CC(O)(C=NO)CC3OC1CC(N)C(O)C(C)O1. The smallest absolute Gasteiger partial charge is 0.202 e. The number of nitrogens with zero attached hydrogens (tertiary/aromatic N) is 1. The van der Waals surface area contributed by atoms with E-state index in [-0.39, 0.29) is 47.3 Å². The van der Waals surface area contributed by atoms with Crippen molar-refractivity contribution in [1.82, 2.24) is 0 Å². The van der Waals surface area contributed by atoms with E-state index in [1.54, 1.807) is 6.92 Å². The summed E-state index contributed by atoms with van der Waals surface area (Å²) in [5.41, 5.74) is 3.20. The van der Waals surface area contributed by atoms with Crippen LogP contribution in [0.25, 0.3) is 0 Å². The van der Waals surface area contributed by atoms with Crippen molar-refractivity contribution in [3.8, 4) is 17.2 Å². The van der Waals surface area contributed by atoms with E-state index in [1.807, 2.05) is 0 Å². The molecule has 6 atom stereocenters. The largest absolute Gasteiger partial charge is 0.507 e. The topological polar surface area (TPSA) is 201 Å². The molecule has 0 saturated carbocycles. The Morgan fingerprint density at radius 3 is 2.53 bits per heavy atom. The highest BCUT2D eigenvalue weighted by molar-refractivity contribution is 6.31. The van der Waals surface area contributed by atoms with Crippen molar-refractivity contribution >= 4 is 17.8 Å². The molecule has 6 unspecified atom stereocenters. The fraction of sp³-hybridized carbons (Fsp3) is 0.423. The Bertz CT molecular complexity index is 1350. The van der Waals surface area contributed by atoms with Gasteiger partial charge in [0.15, 0.2) is 12.1 Å². The van der Waals surface area contributed by atoms with Crippen LogP contribution in [0.1, 0.15) is 68.8 Å². The third kappa shape index (κ3) is 3.92. The number of ether oxygens (including phenoxy) is 3. The van der Waals surface area contributed by atoms with E-state index in [9.17, 15) is 30.0 Å². The van der Waals surface area contributed by atoms with E-state index in [0.717, 1.165) is 6.21 Å². The van der Waals surface area contributed by atoms with Gasteiger partial charge in [-0.3, -0.25) is 9.59 Å². The number of aromatic hydroxyl groups is 2. The number of carbonyl (C=O) groups is 2. The van der Waals surface area contributed by atoms with Gasteiger partial charge in [-0.15, -0.1) is 0 Å². The molecular formula is C26H28N2O10. The van der Waals surface area contributed by atoms with E-state index in [0.29, 0.717) is 0 Å². The van der Waals surface area contributed by atoms with Gasteiger partial charge < -0.3 is 45.6 Å². The Kier molecular flexibility index (Phi) is 6.40. The number of phenols is 2. The average Bonchev–Trinajstić information content (AvgIpc) is 2.87. The molecular weight excluding hydrogens is 500 g/mol. The first-order chi connectivity index (χ1) is 18.0. The standard InChI is InChI=1S/C26H28N2O10/c1-10-21(29)13(27)6-16(37-10)38-15-8-26(34,9-28-35)7-12-18(15)25(33)20-19(23(12)31)22(30)11-4-3-5-14(36-2)17(11)24(20)32/h3-5,9-10,13,15-16,21,29,31,33-35H,6-8,27H2,1-2H3. The van der Waals surface area contributed by atoms with Crippen LogP contribution < -0.4 is 10.5 Å². The van der Waals surface area contributed by atoms with Gasteiger partial charge in [0.25, 0.3) is 0 Å². The molecule has 0 amide bonds. The molecule has 0 radical (unpaired) electrons. The van der Waals surface area contributed by atoms with Gasteiger partial charge in [0.1, 0.15) is 22.8 Å². The zero-order chi connectivity index (χ0) is 27.5. The van der Waals surface area contributed by atoms with Crippen LogP contribution in [0.15, 0.2) is 23.4 Å². The van der Waals surface area contributed by atoms with Crippen molar-refractivity contribution in [2.45, 2.75) is 62.4 Å². The quantitative estimate of drug-likeness (QED) is 0.122. The number of benzene rings is 2.